The summed E-state index contributed by atoms with van der Waals surface area (Å²) in [5.74, 6) is 0. The van der Waals surface area contributed by atoms with Gasteiger partial charge in [-0.3, -0.25) is 19.9 Å². The van der Waals surface area contributed by atoms with Gasteiger partial charge in [-0.2, -0.15) is 0 Å². The van der Waals surface area contributed by atoms with Crippen LogP contribution in [0.3, 0.4) is 0 Å². The molecule has 1 heterocycles. The first kappa shape index (κ1) is 14.7. The van der Waals surface area contributed by atoms with Crippen LogP contribution >= 0.6 is 0 Å². The molecule has 0 radical (unpaired) electrons. The zero-order valence-corrected chi connectivity index (χ0v) is 11.4. The van der Waals surface area contributed by atoms with Gasteiger partial charge in [0.25, 0.3) is 5.69 Å². The van der Waals surface area contributed by atoms with Gasteiger partial charge in [0.15, 0.2) is 0 Å². The first-order chi connectivity index (χ1) is 9.60. The second-order valence-corrected chi connectivity index (χ2v) is 4.98. The summed E-state index contributed by atoms with van der Waals surface area (Å²) in [7, 11) is 0. The Bertz CT molecular complexity index is 473. The molecular formula is C13H20N4O3. The van der Waals surface area contributed by atoms with E-state index in [1.807, 2.05) is 0 Å². The highest BCUT2D eigenvalue weighted by Gasteiger charge is 2.18. The molecule has 0 spiro atoms. The third-order valence-corrected chi connectivity index (χ3v) is 3.61. The molecule has 1 aliphatic rings. The first-order valence-corrected chi connectivity index (χ1v) is 6.68. The summed E-state index contributed by atoms with van der Waals surface area (Å²) < 4.78 is 0. The molecule has 0 amide bonds. The summed E-state index contributed by atoms with van der Waals surface area (Å²) >= 11 is 0. The number of anilines is 1. The molecule has 1 aromatic carbocycles. The third-order valence-electron chi connectivity index (χ3n) is 3.61. The highest BCUT2D eigenvalue weighted by atomic mass is 16.6. The molecule has 7 nitrogen and oxygen atoms in total. The fourth-order valence-electron chi connectivity index (χ4n) is 2.40. The minimum absolute atomic E-state index is 0.0770. The zero-order chi connectivity index (χ0) is 14.5. The molecule has 0 aliphatic carbocycles. The second-order valence-electron chi connectivity index (χ2n) is 4.98. The molecule has 2 rings (SSSR count). The molecule has 110 valence electrons. The molecule has 1 aliphatic heterocycles. The van der Waals surface area contributed by atoms with Crippen LogP contribution in [0.1, 0.15) is 5.56 Å². The molecule has 0 bridgehead atoms. The van der Waals surface area contributed by atoms with E-state index < -0.39 is 4.92 Å². The van der Waals surface area contributed by atoms with Gasteiger partial charge in [0.2, 0.25) is 0 Å². The van der Waals surface area contributed by atoms with Crippen molar-refractivity contribution in [1.29, 1.82) is 0 Å². The summed E-state index contributed by atoms with van der Waals surface area (Å²) in [6.07, 6.45) is 0. The van der Waals surface area contributed by atoms with Gasteiger partial charge in [0, 0.05) is 57.1 Å². The fraction of sp³-hybridized carbons (Fsp3) is 0.538. The van der Waals surface area contributed by atoms with Crippen LogP contribution in [0.5, 0.6) is 0 Å². The topological polar surface area (TPSA) is 95.9 Å². The predicted octanol–water partition coefficient (Wildman–Crippen LogP) is 0.287. The number of aliphatic hydroxyl groups excluding tert-OH is 1. The van der Waals surface area contributed by atoms with Crippen LogP contribution in [0.15, 0.2) is 18.2 Å². The van der Waals surface area contributed by atoms with Crippen molar-refractivity contribution in [2.24, 2.45) is 0 Å². The quantitative estimate of drug-likeness (QED) is 0.457. The maximum absolute atomic E-state index is 10.8. The standard InChI is InChI=1S/C13H20N4O3/c14-13-2-1-12(17(19)20)9-11(13)10-16-5-3-15(4-6-16)7-8-18/h1-2,9,18H,3-8,10,14H2. The number of β-amino-alcohol motifs (C(OH)–C–C–N with tert-alkyl or cyclic N) is 1. The van der Waals surface area contributed by atoms with Crippen LogP contribution in [0.2, 0.25) is 0 Å². The van der Waals surface area contributed by atoms with Crippen LogP contribution in [0, 0.1) is 10.1 Å². The van der Waals surface area contributed by atoms with Crippen LogP contribution in [0.4, 0.5) is 11.4 Å². The lowest BCUT2D eigenvalue weighted by Crippen LogP contribution is -2.46. The van der Waals surface area contributed by atoms with Crippen LogP contribution in [-0.2, 0) is 6.54 Å². The van der Waals surface area contributed by atoms with Gasteiger partial charge in [-0.25, -0.2) is 0 Å². The van der Waals surface area contributed by atoms with Gasteiger partial charge in [-0.1, -0.05) is 0 Å². The Morgan fingerprint density at radius 1 is 1.25 bits per heavy atom. The maximum Gasteiger partial charge on any atom is 0.269 e. The van der Waals surface area contributed by atoms with E-state index in [0.29, 0.717) is 18.8 Å². The largest absolute Gasteiger partial charge is 0.398 e. The van der Waals surface area contributed by atoms with E-state index in [1.54, 1.807) is 12.1 Å². The number of hydrogen-bond donors (Lipinski definition) is 2. The molecule has 0 unspecified atom stereocenters. The van der Waals surface area contributed by atoms with Crippen molar-refractivity contribution in [2.45, 2.75) is 6.54 Å². The van der Waals surface area contributed by atoms with E-state index in [9.17, 15) is 10.1 Å². The predicted molar refractivity (Wildman–Crippen MR) is 76.3 cm³/mol. The molecular weight excluding hydrogens is 260 g/mol. The van der Waals surface area contributed by atoms with Crippen molar-refractivity contribution < 1.29 is 10.0 Å². The zero-order valence-electron chi connectivity index (χ0n) is 11.4. The number of nitrogen functional groups attached to an aromatic ring is 1. The Hall–Kier alpha value is -1.70. The normalized spacial score (nSPS) is 17.2. The van der Waals surface area contributed by atoms with Gasteiger partial charge < -0.3 is 10.8 Å². The third kappa shape index (κ3) is 3.66. The van der Waals surface area contributed by atoms with Crippen LogP contribution in [-0.4, -0.2) is 59.2 Å². The molecule has 1 aromatic rings. The van der Waals surface area contributed by atoms with E-state index in [0.717, 1.165) is 31.7 Å². The Morgan fingerprint density at radius 3 is 2.50 bits per heavy atom. The average Bonchev–Trinajstić information content (AvgIpc) is 2.43. The lowest BCUT2D eigenvalue weighted by molar-refractivity contribution is -0.384. The molecule has 1 fully saturated rings. The highest BCUT2D eigenvalue weighted by Crippen LogP contribution is 2.21. The molecule has 7 heteroatoms. The van der Waals surface area contributed by atoms with Crippen molar-refractivity contribution in [3.8, 4) is 0 Å². The van der Waals surface area contributed by atoms with Crippen molar-refractivity contribution in [3.05, 3.63) is 33.9 Å². The van der Waals surface area contributed by atoms with Gasteiger partial charge in [-0.15, -0.1) is 0 Å². The summed E-state index contributed by atoms with van der Waals surface area (Å²) in [5.41, 5.74) is 7.36. The van der Waals surface area contributed by atoms with Gasteiger partial charge >= 0.3 is 0 Å². The Labute approximate surface area is 117 Å². The number of non-ortho nitro benzene ring substituents is 1. The number of hydrogen-bond acceptors (Lipinski definition) is 6. The lowest BCUT2D eigenvalue weighted by atomic mass is 10.1. The van der Waals surface area contributed by atoms with Crippen molar-refractivity contribution in [2.75, 3.05) is 45.1 Å². The number of benzene rings is 1. The maximum atomic E-state index is 10.8. The fourth-order valence-corrected chi connectivity index (χ4v) is 2.40. The van der Waals surface area contributed by atoms with Crippen molar-refractivity contribution >= 4 is 11.4 Å². The summed E-state index contributed by atoms with van der Waals surface area (Å²) in [4.78, 5) is 14.8. The summed E-state index contributed by atoms with van der Waals surface area (Å²) in [6.45, 7) is 5.06. The summed E-state index contributed by atoms with van der Waals surface area (Å²) in [6, 6.07) is 4.57. The monoisotopic (exact) mass is 280 g/mol. The first-order valence-electron chi connectivity index (χ1n) is 6.68. The number of nitro groups is 1. The number of rotatable bonds is 5. The van der Waals surface area contributed by atoms with E-state index in [4.69, 9.17) is 10.8 Å². The number of nitrogens with zero attached hydrogens (tertiary/aromatic N) is 3. The smallest absolute Gasteiger partial charge is 0.269 e. The Morgan fingerprint density at radius 2 is 1.90 bits per heavy atom. The molecule has 3 N–H and O–H groups in total. The van der Waals surface area contributed by atoms with Gasteiger partial charge in [-0.05, 0) is 11.6 Å². The van der Waals surface area contributed by atoms with Crippen molar-refractivity contribution in [1.82, 2.24) is 9.80 Å². The van der Waals surface area contributed by atoms with E-state index >= 15 is 0 Å². The molecule has 0 atom stereocenters. The van der Waals surface area contributed by atoms with Gasteiger partial charge in [0.1, 0.15) is 0 Å². The molecule has 1 saturated heterocycles. The number of piperazine rings is 1. The Kier molecular flexibility index (Phi) is 4.89. The van der Waals surface area contributed by atoms with Crippen LogP contribution in [0.25, 0.3) is 0 Å². The van der Waals surface area contributed by atoms with E-state index in [1.165, 1.54) is 6.07 Å². The minimum Gasteiger partial charge on any atom is -0.398 e. The lowest BCUT2D eigenvalue weighted by Gasteiger charge is -2.34. The van der Waals surface area contributed by atoms with E-state index in [-0.39, 0.29) is 12.3 Å². The number of nitro benzene ring substituents is 1. The number of aliphatic hydroxyl groups is 1. The SMILES string of the molecule is Nc1ccc([N+](=O)[O-])cc1CN1CCN(CCO)CC1. The highest BCUT2D eigenvalue weighted by molar-refractivity contribution is 5.52. The Balaban J connectivity index is 1.97. The molecule has 20 heavy (non-hydrogen) atoms. The van der Waals surface area contributed by atoms with E-state index in [2.05, 4.69) is 9.80 Å². The summed E-state index contributed by atoms with van der Waals surface area (Å²) in [5, 5.41) is 19.7. The molecule has 0 aromatic heterocycles. The molecule has 0 saturated carbocycles. The van der Waals surface area contributed by atoms with Crippen molar-refractivity contribution in [3.63, 3.8) is 0 Å². The van der Waals surface area contributed by atoms with Crippen LogP contribution < -0.4 is 5.73 Å². The van der Waals surface area contributed by atoms with Gasteiger partial charge in [0.05, 0.1) is 11.5 Å². The second kappa shape index (κ2) is 6.65. The number of nitrogens with two attached hydrogens (primary N) is 1. The average molecular weight is 280 g/mol. The minimum atomic E-state index is -0.401.